The second-order valence-electron chi connectivity index (χ2n) is 9.41. The van der Waals surface area contributed by atoms with E-state index in [1.807, 2.05) is 88.4 Å². The third-order valence-corrected chi connectivity index (χ3v) is 5.20. The zero-order valence-corrected chi connectivity index (χ0v) is 21.0. The number of methoxy groups -OCH3 is 1. The molecule has 0 aliphatic rings. The average molecular weight is 476 g/mol. The van der Waals surface area contributed by atoms with Gasteiger partial charge in [-0.05, 0) is 73.7 Å². The molecule has 184 valence electrons. The number of aryl methyl sites for hydroxylation is 1. The largest absolute Gasteiger partial charge is 0.489 e. The minimum Gasteiger partial charge on any atom is -0.489 e. The Labute approximate surface area is 207 Å². The van der Waals surface area contributed by atoms with E-state index < -0.39 is 11.7 Å². The maximum absolute atomic E-state index is 12.0. The van der Waals surface area contributed by atoms with Crippen LogP contribution >= 0.6 is 0 Å². The fourth-order valence-corrected chi connectivity index (χ4v) is 3.52. The monoisotopic (exact) mass is 475 g/mol. The highest BCUT2D eigenvalue weighted by Crippen LogP contribution is 2.25. The van der Waals surface area contributed by atoms with Gasteiger partial charge in [0.15, 0.2) is 0 Å². The molecule has 3 rings (SSSR count). The summed E-state index contributed by atoms with van der Waals surface area (Å²) in [5, 5.41) is 2.80. The molecular weight excluding hydrogens is 442 g/mol. The molecule has 0 saturated heterocycles. The van der Waals surface area contributed by atoms with Crippen molar-refractivity contribution in [1.82, 2.24) is 5.32 Å². The fourth-order valence-electron chi connectivity index (χ4n) is 3.52. The van der Waals surface area contributed by atoms with E-state index in [4.69, 9.17) is 14.2 Å². The van der Waals surface area contributed by atoms with Gasteiger partial charge in [-0.1, -0.05) is 48.5 Å². The predicted molar refractivity (Wildman–Crippen MR) is 136 cm³/mol. The van der Waals surface area contributed by atoms with Crippen LogP contribution in [0.4, 0.5) is 4.79 Å². The van der Waals surface area contributed by atoms with Gasteiger partial charge in [0, 0.05) is 12.1 Å². The molecule has 6 heteroatoms. The van der Waals surface area contributed by atoms with E-state index in [9.17, 15) is 9.59 Å². The molecule has 3 aromatic carbocycles. The van der Waals surface area contributed by atoms with Crippen LogP contribution in [0.25, 0.3) is 11.1 Å². The Hall–Kier alpha value is -3.80. The summed E-state index contributed by atoms with van der Waals surface area (Å²) in [4.78, 5) is 23.7. The lowest BCUT2D eigenvalue weighted by molar-refractivity contribution is -0.139. The number of rotatable bonds is 8. The van der Waals surface area contributed by atoms with Gasteiger partial charge in [0.2, 0.25) is 0 Å². The highest BCUT2D eigenvalue weighted by molar-refractivity contribution is 5.73. The van der Waals surface area contributed by atoms with Crippen molar-refractivity contribution in [3.8, 4) is 16.9 Å². The summed E-state index contributed by atoms with van der Waals surface area (Å²) in [6, 6.07) is 21.9. The van der Waals surface area contributed by atoms with Crippen molar-refractivity contribution < 1.29 is 23.8 Å². The van der Waals surface area contributed by atoms with Crippen LogP contribution in [0.1, 0.15) is 43.0 Å². The standard InChI is InChI=1S/C29H33NO5/c1-20-12-13-25(17-27(31)33-5)26(14-20)34-19-22-9-7-11-24(16-22)23-10-6-8-21(15-23)18-30-28(32)35-29(2,3)4/h6-16H,17-19H2,1-5H3,(H,30,32). The number of carbonyl (C=O) groups excluding carboxylic acids is 2. The van der Waals surface area contributed by atoms with Crippen molar-refractivity contribution in [1.29, 1.82) is 0 Å². The number of amides is 1. The van der Waals surface area contributed by atoms with Crippen LogP contribution < -0.4 is 10.1 Å². The Bertz CT molecular complexity index is 1180. The number of benzene rings is 3. The van der Waals surface area contributed by atoms with E-state index in [0.717, 1.165) is 33.4 Å². The Morgan fingerprint density at radius 2 is 1.54 bits per heavy atom. The molecule has 0 aliphatic carbocycles. The van der Waals surface area contributed by atoms with Gasteiger partial charge in [-0.15, -0.1) is 0 Å². The molecule has 0 bridgehead atoms. The lowest BCUT2D eigenvalue weighted by atomic mass is 10.0. The van der Waals surface area contributed by atoms with Gasteiger partial charge in [0.05, 0.1) is 13.5 Å². The number of carbonyl (C=O) groups is 2. The molecule has 35 heavy (non-hydrogen) atoms. The first kappa shape index (κ1) is 25.8. The van der Waals surface area contributed by atoms with Crippen LogP contribution in [0.5, 0.6) is 5.75 Å². The molecule has 6 nitrogen and oxygen atoms in total. The smallest absolute Gasteiger partial charge is 0.407 e. The first-order valence-electron chi connectivity index (χ1n) is 11.6. The van der Waals surface area contributed by atoms with Crippen LogP contribution in [-0.4, -0.2) is 24.8 Å². The van der Waals surface area contributed by atoms with Gasteiger partial charge in [0.1, 0.15) is 18.0 Å². The van der Waals surface area contributed by atoms with Crippen LogP contribution in [0.2, 0.25) is 0 Å². The van der Waals surface area contributed by atoms with Crippen LogP contribution in [-0.2, 0) is 33.8 Å². The number of nitrogens with one attached hydrogen (secondary N) is 1. The van der Waals surface area contributed by atoms with E-state index in [-0.39, 0.29) is 12.4 Å². The summed E-state index contributed by atoms with van der Waals surface area (Å²) in [7, 11) is 1.38. The molecule has 0 atom stereocenters. The van der Waals surface area contributed by atoms with Crippen molar-refractivity contribution in [2.24, 2.45) is 0 Å². The number of hydrogen-bond donors (Lipinski definition) is 1. The first-order chi connectivity index (χ1) is 16.6. The third kappa shape index (κ3) is 8.18. The molecule has 0 aromatic heterocycles. The third-order valence-electron chi connectivity index (χ3n) is 5.20. The maximum atomic E-state index is 12.0. The van der Waals surface area contributed by atoms with E-state index >= 15 is 0 Å². The van der Waals surface area contributed by atoms with Crippen molar-refractivity contribution in [3.05, 3.63) is 89.0 Å². The van der Waals surface area contributed by atoms with Crippen LogP contribution in [0.3, 0.4) is 0 Å². The molecule has 0 saturated carbocycles. The van der Waals surface area contributed by atoms with E-state index in [1.54, 1.807) is 0 Å². The van der Waals surface area contributed by atoms with Crippen molar-refractivity contribution in [2.75, 3.05) is 7.11 Å². The zero-order valence-electron chi connectivity index (χ0n) is 21.0. The van der Waals surface area contributed by atoms with Gasteiger partial charge in [-0.2, -0.15) is 0 Å². The first-order valence-corrected chi connectivity index (χ1v) is 11.6. The summed E-state index contributed by atoms with van der Waals surface area (Å²) in [6.45, 7) is 8.24. The van der Waals surface area contributed by atoms with Crippen LogP contribution in [0, 0.1) is 6.92 Å². The van der Waals surface area contributed by atoms with Gasteiger partial charge >= 0.3 is 12.1 Å². The molecule has 0 spiro atoms. The van der Waals surface area contributed by atoms with E-state index in [1.165, 1.54) is 7.11 Å². The predicted octanol–water partition coefficient (Wildman–Crippen LogP) is 5.98. The lowest BCUT2D eigenvalue weighted by Crippen LogP contribution is -2.32. The van der Waals surface area contributed by atoms with Gasteiger partial charge in [-0.25, -0.2) is 4.79 Å². The highest BCUT2D eigenvalue weighted by Gasteiger charge is 2.16. The molecule has 0 unspecified atom stereocenters. The summed E-state index contributed by atoms with van der Waals surface area (Å²) in [5.74, 6) is 0.373. The van der Waals surface area contributed by atoms with E-state index in [0.29, 0.717) is 18.9 Å². The Morgan fingerprint density at radius 3 is 2.20 bits per heavy atom. The zero-order chi connectivity index (χ0) is 25.4. The fraction of sp³-hybridized carbons (Fsp3) is 0.310. The van der Waals surface area contributed by atoms with Gasteiger partial charge < -0.3 is 19.5 Å². The van der Waals surface area contributed by atoms with Gasteiger partial charge in [0.25, 0.3) is 0 Å². The Morgan fingerprint density at radius 1 is 0.886 bits per heavy atom. The molecule has 0 fully saturated rings. The van der Waals surface area contributed by atoms with E-state index in [2.05, 4.69) is 11.4 Å². The number of ether oxygens (including phenoxy) is 3. The number of hydrogen-bond acceptors (Lipinski definition) is 5. The van der Waals surface area contributed by atoms with Crippen molar-refractivity contribution in [3.63, 3.8) is 0 Å². The quantitative estimate of drug-likeness (QED) is 0.406. The molecule has 0 heterocycles. The van der Waals surface area contributed by atoms with Crippen molar-refractivity contribution in [2.45, 2.75) is 52.9 Å². The minimum atomic E-state index is -0.535. The SMILES string of the molecule is COC(=O)Cc1ccc(C)cc1OCc1cccc(-c2cccc(CNC(=O)OC(C)(C)C)c2)c1. The molecular formula is C29H33NO5. The normalized spacial score (nSPS) is 11.0. The second kappa shape index (κ2) is 11.6. The van der Waals surface area contributed by atoms with Crippen molar-refractivity contribution >= 4 is 12.1 Å². The topological polar surface area (TPSA) is 73.9 Å². The Kier molecular flexibility index (Phi) is 8.53. The van der Waals surface area contributed by atoms with Crippen LogP contribution in [0.15, 0.2) is 66.7 Å². The summed E-state index contributed by atoms with van der Waals surface area (Å²) in [5.41, 5.74) is 5.38. The number of alkyl carbamates (subject to hydrolysis) is 1. The molecule has 0 aliphatic heterocycles. The molecule has 3 aromatic rings. The molecule has 0 radical (unpaired) electrons. The van der Waals surface area contributed by atoms with Gasteiger partial charge in [-0.3, -0.25) is 4.79 Å². The summed E-state index contributed by atoms with van der Waals surface area (Å²) in [6.07, 6.45) is -0.277. The average Bonchev–Trinajstić information content (AvgIpc) is 2.82. The summed E-state index contributed by atoms with van der Waals surface area (Å²) >= 11 is 0. The lowest BCUT2D eigenvalue weighted by Gasteiger charge is -2.19. The highest BCUT2D eigenvalue weighted by atomic mass is 16.6. The maximum Gasteiger partial charge on any atom is 0.407 e. The summed E-state index contributed by atoms with van der Waals surface area (Å²) < 4.78 is 16.2. The Balaban J connectivity index is 1.69. The second-order valence-corrected chi connectivity index (χ2v) is 9.41. The molecule has 1 N–H and O–H groups in total. The number of esters is 1. The molecule has 1 amide bonds. The minimum absolute atomic E-state index is 0.163.